The van der Waals surface area contributed by atoms with Crippen LogP contribution in [0.4, 0.5) is 0 Å². The molecular formula is C35H76ClNO2Si. The van der Waals surface area contributed by atoms with Gasteiger partial charge in [0.1, 0.15) is 0 Å². The molecule has 244 valence electrons. The number of hydrogen-bond donors (Lipinski definition) is 0. The zero-order valence-corrected chi connectivity index (χ0v) is 30.4. The third kappa shape index (κ3) is 29.9. The first-order valence-electron chi connectivity index (χ1n) is 17.8. The average molecular weight is 607 g/mol. The van der Waals surface area contributed by atoms with Crippen molar-refractivity contribution in [1.82, 2.24) is 0 Å². The first kappa shape index (κ1) is 42.5. The molecule has 0 atom stereocenters. The lowest BCUT2D eigenvalue weighted by Crippen LogP contribution is -3.00. The Labute approximate surface area is 261 Å². The molecule has 0 radical (unpaired) electrons. The third-order valence-electron chi connectivity index (χ3n) is 9.12. The Hall–Kier alpha value is 0.387. The van der Waals surface area contributed by atoms with Crippen molar-refractivity contribution in [2.24, 2.45) is 0 Å². The minimum atomic E-state index is -1.83. The summed E-state index contributed by atoms with van der Waals surface area (Å²) in [6, 6.07) is 1.13. The van der Waals surface area contributed by atoms with Gasteiger partial charge >= 0.3 is 8.56 Å². The van der Waals surface area contributed by atoms with Crippen LogP contribution in [0.25, 0.3) is 0 Å². The van der Waals surface area contributed by atoms with Crippen molar-refractivity contribution < 1.29 is 25.7 Å². The minimum absolute atomic E-state index is 0. The van der Waals surface area contributed by atoms with Crippen LogP contribution in [-0.4, -0.2) is 54.4 Å². The molecule has 40 heavy (non-hydrogen) atoms. The van der Waals surface area contributed by atoms with E-state index in [4.69, 9.17) is 8.85 Å². The smallest absolute Gasteiger partial charge is 0.334 e. The zero-order valence-electron chi connectivity index (χ0n) is 28.6. The number of hydrogen-bond acceptors (Lipinski definition) is 2. The molecule has 0 aromatic heterocycles. The molecule has 3 nitrogen and oxygen atoms in total. The molecule has 0 rings (SSSR count). The molecule has 0 aliphatic heterocycles. The van der Waals surface area contributed by atoms with Crippen molar-refractivity contribution in [2.75, 3.05) is 41.4 Å². The highest BCUT2D eigenvalue weighted by Crippen LogP contribution is 2.18. The lowest BCUT2D eigenvalue weighted by molar-refractivity contribution is -0.890. The summed E-state index contributed by atoms with van der Waals surface area (Å²) in [5, 5.41) is 0. The van der Waals surface area contributed by atoms with Gasteiger partial charge in [0.05, 0.1) is 27.2 Å². The molecule has 0 amide bonds. The summed E-state index contributed by atoms with van der Waals surface area (Å²) >= 11 is 0. The molecule has 0 heterocycles. The van der Waals surface area contributed by atoms with Gasteiger partial charge in [0.15, 0.2) is 0 Å². The maximum Gasteiger partial charge on any atom is 0.334 e. The van der Waals surface area contributed by atoms with E-state index in [9.17, 15) is 0 Å². The molecule has 0 aromatic carbocycles. The first-order chi connectivity index (χ1) is 18.9. The Balaban J connectivity index is 0. The van der Waals surface area contributed by atoms with Gasteiger partial charge in [-0.2, -0.15) is 0 Å². The summed E-state index contributed by atoms with van der Waals surface area (Å²) in [5.41, 5.74) is 0. The summed E-state index contributed by atoms with van der Waals surface area (Å²) in [5.74, 6) is 0. The lowest BCUT2D eigenvalue weighted by atomic mass is 10.0. The van der Waals surface area contributed by atoms with Gasteiger partial charge < -0.3 is 25.7 Å². The summed E-state index contributed by atoms with van der Waals surface area (Å²) < 4.78 is 12.4. The van der Waals surface area contributed by atoms with E-state index in [-0.39, 0.29) is 12.4 Å². The van der Waals surface area contributed by atoms with Gasteiger partial charge in [-0.05, 0) is 38.3 Å². The molecule has 0 saturated carbocycles. The predicted molar refractivity (Wildman–Crippen MR) is 178 cm³/mol. The summed E-state index contributed by atoms with van der Waals surface area (Å²) in [6.45, 7) is 7.22. The summed E-state index contributed by atoms with van der Waals surface area (Å²) in [4.78, 5) is 0. The van der Waals surface area contributed by atoms with Gasteiger partial charge in [-0.25, -0.2) is 0 Å². The highest BCUT2D eigenvalue weighted by Gasteiger charge is 2.27. The normalized spacial score (nSPS) is 12.2. The molecule has 0 aromatic rings. The van der Waals surface area contributed by atoms with Crippen LogP contribution < -0.4 is 12.4 Å². The Morgan fingerprint density at radius 1 is 0.425 bits per heavy atom. The molecule has 0 aliphatic rings. The number of rotatable bonds is 32. The Bertz CT molecular complexity index is 488. The van der Waals surface area contributed by atoms with Gasteiger partial charge in [-0.1, -0.05) is 148 Å². The quantitative estimate of drug-likeness (QED) is 0.0434. The highest BCUT2D eigenvalue weighted by molar-refractivity contribution is 6.65. The van der Waals surface area contributed by atoms with Crippen molar-refractivity contribution >= 4 is 8.56 Å². The van der Waals surface area contributed by atoms with E-state index < -0.39 is 8.56 Å². The van der Waals surface area contributed by atoms with Crippen molar-refractivity contribution in [3.05, 3.63) is 0 Å². The van der Waals surface area contributed by atoms with Crippen molar-refractivity contribution in [1.29, 1.82) is 0 Å². The average Bonchev–Trinajstić information content (AvgIpc) is 2.93. The molecule has 0 bridgehead atoms. The van der Waals surface area contributed by atoms with Crippen LogP contribution in [0.5, 0.6) is 0 Å². The summed E-state index contributed by atoms with van der Waals surface area (Å²) in [6.07, 6.45) is 37.3. The maximum absolute atomic E-state index is 5.58. The topological polar surface area (TPSA) is 18.5 Å². The molecule has 0 spiro atoms. The summed E-state index contributed by atoms with van der Waals surface area (Å²) in [7, 11) is 6.68. The molecule has 0 saturated heterocycles. The molecule has 0 unspecified atom stereocenters. The monoisotopic (exact) mass is 606 g/mol. The SMILES string of the molecule is CCCCCCCCCCCCCCCCCC[N+](C)(C)CCCCCCCCCCCC[Si](C)(OC)OC.[Cl-]. The first-order valence-corrected chi connectivity index (χ1v) is 20.3. The van der Waals surface area contributed by atoms with Crippen LogP contribution in [0, 0.1) is 0 Å². The van der Waals surface area contributed by atoms with Crippen molar-refractivity contribution in [2.45, 2.75) is 186 Å². The zero-order chi connectivity index (χ0) is 28.9. The van der Waals surface area contributed by atoms with E-state index in [1.807, 2.05) is 0 Å². The van der Waals surface area contributed by atoms with Crippen molar-refractivity contribution in [3.8, 4) is 0 Å². The largest absolute Gasteiger partial charge is 1.00 e. The van der Waals surface area contributed by atoms with Gasteiger partial charge in [0.2, 0.25) is 0 Å². The van der Waals surface area contributed by atoms with E-state index in [1.165, 1.54) is 185 Å². The highest BCUT2D eigenvalue weighted by atomic mass is 35.5. The fourth-order valence-corrected chi connectivity index (χ4v) is 7.35. The van der Waals surface area contributed by atoms with E-state index in [2.05, 4.69) is 27.6 Å². The maximum atomic E-state index is 5.58. The second-order valence-corrected chi connectivity index (χ2v) is 17.1. The Morgan fingerprint density at radius 3 is 0.950 bits per heavy atom. The van der Waals surface area contributed by atoms with Crippen LogP contribution in [0.2, 0.25) is 12.6 Å². The number of halogens is 1. The van der Waals surface area contributed by atoms with Gasteiger partial charge in [-0.3, -0.25) is 0 Å². The van der Waals surface area contributed by atoms with E-state index in [0.29, 0.717) is 0 Å². The van der Waals surface area contributed by atoms with Gasteiger partial charge in [-0.15, -0.1) is 0 Å². The van der Waals surface area contributed by atoms with Gasteiger partial charge in [0, 0.05) is 14.2 Å². The number of quaternary nitrogens is 1. The minimum Gasteiger partial charge on any atom is -1.00 e. The van der Waals surface area contributed by atoms with Crippen LogP contribution in [0.1, 0.15) is 174 Å². The third-order valence-corrected chi connectivity index (χ3v) is 12.1. The molecule has 5 heteroatoms. The van der Waals surface area contributed by atoms with E-state index >= 15 is 0 Å². The number of unbranched alkanes of at least 4 members (excludes halogenated alkanes) is 24. The molecular weight excluding hydrogens is 530 g/mol. The second kappa shape index (κ2) is 30.8. The fraction of sp³-hybridized carbons (Fsp3) is 1.00. The molecule has 0 aliphatic carbocycles. The molecule has 0 fully saturated rings. The predicted octanol–water partition coefficient (Wildman–Crippen LogP) is 8.59. The fourth-order valence-electron chi connectivity index (χ4n) is 5.89. The van der Waals surface area contributed by atoms with Crippen LogP contribution in [-0.2, 0) is 8.85 Å². The standard InChI is InChI=1S/C35H76NO2Si.ClH/c1-7-8-9-10-11-12-13-14-15-16-17-18-21-24-27-30-33-36(2,3)34-31-28-25-22-19-20-23-26-29-32-35-39(6,37-4)38-5;/h7-35H2,1-6H3;1H/q+1;/p-1. The van der Waals surface area contributed by atoms with Gasteiger partial charge in [0.25, 0.3) is 0 Å². The molecule has 0 N–H and O–H groups in total. The Morgan fingerprint density at radius 2 is 0.675 bits per heavy atom. The van der Waals surface area contributed by atoms with Crippen LogP contribution in [0.15, 0.2) is 0 Å². The van der Waals surface area contributed by atoms with Crippen molar-refractivity contribution in [3.63, 3.8) is 0 Å². The lowest BCUT2D eigenvalue weighted by Gasteiger charge is -2.30. The van der Waals surface area contributed by atoms with E-state index in [1.54, 1.807) is 14.2 Å². The number of nitrogens with zero attached hydrogens (tertiary/aromatic N) is 1. The van der Waals surface area contributed by atoms with Crippen LogP contribution >= 0.6 is 0 Å². The van der Waals surface area contributed by atoms with Crippen LogP contribution in [0.3, 0.4) is 0 Å². The Kier molecular flexibility index (Phi) is 32.8. The van der Waals surface area contributed by atoms with E-state index in [0.717, 1.165) is 6.04 Å². The second-order valence-electron chi connectivity index (χ2n) is 13.5.